The summed E-state index contributed by atoms with van der Waals surface area (Å²) in [6, 6.07) is 10.9. The van der Waals surface area contributed by atoms with E-state index < -0.39 is 5.60 Å². The first-order valence-corrected chi connectivity index (χ1v) is 18.2. The van der Waals surface area contributed by atoms with Gasteiger partial charge in [-0.2, -0.15) is 0 Å². The number of anilines is 1. The highest BCUT2D eigenvalue weighted by Crippen LogP contribution is 2.62. The normalized spacial score (nSPS) is 36.4. The number of carbonyl (C=O) groups excluding carboxylic acids is 2. The third-order valence-electron chi connectivity index (χ3n) is 13.3. The second-order valence-corrected chi connectivity index (χ2v) is 16.8. The summed E-state index contributed by atoms with van der Waals surface area (Å²) in [5, 5.41) is 23.4. The number of benzene rings is 1. The highest BCUT2D eigenvalue weighted by atomic mass is 35.5. The van der Waals surface area contributed by atoms with E-state index in [4.69, 9.17) is 16.3 Å². The molecular formula is C40H57ClN2O5. The van der Waals surface area contributed by atoms with Crippen LogP contribution in [0.1, 0.15) is 131 Å². The second kappa shape index (κ2) is 13.7. The molecule has 6 bridgehead atoms. The molecule has 8 rings (SSSR count). The van der Waals surface area contributed by atoms with Crippen molar-refractivity contribution in [2.75, 3.05) is 11.9 Å². The summed E-state index contributed by atoms with van der Waals surface area (Å²) in [6.07, 6.45) is 18.4. The smallest absolute Gasteiger partial charge is 0.169 e. The molecule has 2 aromatic rings. The Morgan fingerprint density at radius 1 is 0.812 bits per heavy atom. The maximum absolute atomic E-state index is 12.9. The predicted molar refractivity (Wildman–Crippen MR) is 192 cm³/mol. The standard InChI is InChI=1S/C21H23ClN2O2.C9H14O2.C9H16O.CH4/c1-20-8-10-21(14-20,11-9-20)18(25)13-24-19-17(7-4-12-23-19)26-16-6-3-2-5-15(16)22;1-7(10)8-2-4-9(11,6-8)5-3-8;1-2-8-3-5-9(10,7-8)6-4-8;/h2-7,12H,8-11,13-14H2,1H3,(H,23,24);11H,2-6H2,1H3;10H,2-7H2,1H3;1H4. The number of ether oxygens (including phenoxy) is 1. The fourth-order valence-corrected chi connectivity index (χ4v) is 10.1. The number of hydrogen-bond donors (Lipinski definition) is 3. The molecule has 6 fully saturated rings. The Kier molecular flexibility index (Phi) is 10.5. The van der Waals surface area contributed by atoms with Crippen LogP contribution in [0.4, 0.5) is 5.82 Å². The van der Waals surface area contributed by atoms with E-state index in [0.717, 1.165) is 70.6 Å². The lowest BCUT2D eigenvalue weighted by Gasteiger charge is -2.25. The first-order chi connectivity index (χ1) is 22.2. The molecule has 3 N–H and O–H groups in total. The van der Waals surface area contributed by atoms with Gasteiger partial charge in [0.2, 0.25) is 0 Å². The van der Waals surface area contributed by atoms with Crippen molar-refractivity contribution in [2.45, 2.75) is 142 Å². The molecule has 8 heteroatoms. The number of para-hydroxylation sites is 1. The molecule has 0 spiro atoms. The van der Waals surface area contributed by atoms with Gasteiger partial charge in [-0.1, -0.05) is 51.4 Å². The maximum atomic E-state index is 12.9. The first kappa shape index (κ1) is 36.8. The molecule has 48 heavy (non-hydrogen) atoms. The monoisotopic (exact) mass is 680 g/mol. The Morgan fingerprint density at radius 2 is 1.40 bits per heavy atom. The van der Waals surface area contributed by atoms with E-state index in [9.17, 15) is 19.8 Å². The van der Waals surface area contributed by atoms with Crippen LogP contribution in [0.3, 0.4) is 0 Å². The number of Topliss-reactive ketones (excluding diaryl/α,β-unsaturated/α-hetero) is 2. The van der Waals surface area contributed by atoms with Gasteiger partial charge >= 0.3 is 0 Å². The lowest BCUT2D eigenvalue weighted by Crippen LogP contribution is -2.32. The van der Waals surface area contributed by atoms with Gasteiger partial charge in [0.25, 0.3) is 0 Å². The summed E-state index contributed by atoms with van der Waals surface area (Å²) in [5.74, 6) is 2.28. The first-order valence-electron chi connectivity index (χ1n) is 17.8. The molecule has 0 saturated heterocycles. The van der Waals surface area contributed by atoms with Crippen LogP contribution in [0.25, 0.3) is 0 Å². The lowest BCUT2D eigenvalue weighted by atomic mass is 9.79. The summed E-state index contributed by atoms with van der Waals surface area (Å²) >= 11 is 6.17. The van der Waals surface area contributed by atoms with Crippen molar-refractivity contribution < 1.29 is 24.5 Å². The number of nitrogens with zero attached hydrogens (tertiary/aromatic N) is 1. The third kappa shape index (κ3) is 7.34. The average Bonchev–Trinajstić information content (AvgIpc) is 3.90. The summed E-state index contributed by atoms with van der Waals surface area (Å²) in [4.78, 5) is 28.5. The molecule has 6 aliphatic rings. The molecule has 1 aromatic carbocycles. The summed E-state index contributed by atoms with van der Waals surface area (Å²) < 4.78 is 5.91. The minimum atomic E-state index is -0.467. The van der Waals surface area contributed by atoms with Crippen LogP contribution in [0.2, 0.25) is 5.02 Å². The maximum Gasteiger partial charge on any atom is 0.169 e. The largest absolute Gasteiger partial charge is 0.452 e. The minimum absolute atomic E-state index is 0. The van der Waals surface area contributed by atoms with E-state index in [0.29, 0.717) is 39.0 Å². The average molecular weight is 681 g/mol. The van der Waals surface area contributed by atoms with Crippen LogP contribution < -0.4 is 10.1 Å². The van der Waals surface area contributed by atoms with Crippen molar-refractivity contribution in [3.8, 4) is 11.5 Å². The molecule has 0 aliphatic heterocycles. The van der Waals surface area contributed by atoms with Gasteiger partial charge in [-0.3, -0.25) is 9.59 Å². The Morgan fingerprint density at radius 3 is 1.85 bits per heavy atom. The molecule has 264 valence electrons. The zero-order chi connectivity index (χ0) is 33.6. The fourth-order valence-electron chi connectivity index (χ4n) is 9.91. The molecule has 7 nitrogen and oxygen atoms in total. The number of ketones is 2. The Hall–Kier alpha value is -2.48. The number of rotatable bonds is 8. The molecule has 0 unspecified atom stereocenters. The molecule has 0 atom stereocenters. The van der Waals surface area contributed by atoms with E-state index in [-0.39, 0.29) is 36.2 Å². The van der Waals surface area contributed by atoms with Gasteiger partial charge in [0.15, 0.2) is 17.4 Å². The van der Waals surface area contributed by atoms with Crippen molar-refractivity contribution in [1.82, 2.24) is 4.98 Å². The van der Waals surface area contributed by atoms with Gasteiger partial charge in [-0.05, 0) is 138 Å². The van der Waals surface area contributed by atoms with Gasteiger partial charge in [-0.25, -0.2) is 4.98 Å². The molecule has 1 aromatic heterocycles. The molecular weight excluding hydrogens is 624 g/mol. The van der Waals surface area contributed by atoms with Crippen LogP contribution in [0.5, 0.6) is 11.5 Å². The van der Waals surface area contributed by atoms with Crippen molar-refractivity contribution in [1.29, 1.82) is 0 Å². The summed E-state index contributed by atoms with van der Waals surface area (Å²) in [5.41, 5.74) is 0.00442. The van der Waals surface area contributed by atoms with Crippen LogP contribution in [0.15, 0.2) is 42.6 Å². The number of aliphatic hydroxyl groups is 2. The van der Waals surface area contributed by atoms with E-state index in [2.05, 4.69) is 24.1 Å². The Labute approximate surface area is 292 Å². The molecule has 0 amide bonds. The van der Waals surface area contributed by atoms with E-state index >= 15 is 0 Å². The zero-order valence-electron chi connectivity index (χ0n) is 28.5. The van der Waals surface area contributed by atoms with Crippen LogP contribution >= 0.6 is 11.6 Å². The highest BCUT2D eigenvalue weighted by Gasteiger charge is 2.56. The van der Waals surface area contributed by atoms with Crippen molar-refractivity contribution in [3.05, 3.63) is 47.6 Å². The van der Waals surface area contributed by atoms with Gasteiger partial charge in [0, 0.05) is 17.0 Å². The third-order valence-corrected chi connectivity index (χ3v) is 13.6. The van der Waals surface area contributed by atoms with E-state index in [1.165, 1.54) is 32.1 Å². The quantitative estimate of drug-likeness (QED) is 0.255. The molecule has 6 saturated carbocycles. The fraction of sp³-hybridized carbons (Fsp3) is 0.675. The number of pyridine rings is 1. The van der Waals surface area contributed by atoms with Gasteiger partial charge in [-0.15, -0.1) is 0 Å². The van der Waals surface area contributed by atoms with Crippen LogP contribution in [-0.4, -0.2) is 44.5 Å². The lowest BCUT2D eigenvalue weighted by molar-refractivity contribution is -0.127. The number of nitrogens with one attached hydrogen (secondary N) is 1. The molecule has 1 heterocycles. The van der Waals surface area contributed by atoms with E-state index in [1.807, 2.05) is 18.2 Å². The van der Waals surface area contributed by atoms with Crippen LogP contribution in [-0.2, 0) is 9.59 Å². The highest BCUT2D eigenvalue weighted by molar-refractivity contribution is 6.32. The number of carbonyl (C=O) groups is 2. The van der Waals surface area contributed by atoms with E-state index in [1.54, 1.807) is 31.3 Å². The van der Waals surface area contributed by atoms with Crippen LogP contribution in [0, 0.1) is 21.7 Å². The number of halogens is 1. The number of fused-ring (bicyclic) bond motifs is 6. The second-order valence-electron chi connectivity index (χ2n) is 16.4. The summed E-state index contributed by atoms with van der Waals surface area (Å²) in [6.45, 7) is 6.52. The number of aromatic nitrogens is 1. The zero-order valence-corrected chi connectivity index (χ0v) is 29.3. The van der Waals surface area contributed by atoms with Gasteiger partial charge in [0.1, 0.15) is 11.5 Å². The topological polar surface area (TPSA) is 109 Å². The summed E-state index contributed by atoms with van der Waals surface area (Å²) in [7, 11) is 0. The van der Waals surface area contributed by atoms with Gasteiger partial charge < -0.3 is 20.3 Å². The molecule has 6 aliphatic carbocycles. The molecule has 0 radical (unpaired) electrons. The SMILES string of the molecule is C.CC(=O)C12CCC(O)(CC1)C2.CC12CCC(C(=O)CNc3ncccc3Oc3ccccc3Cl)(CC1)C2.CCC12CCC(O)(CC1)C2. The Bertz CT molecular complexity index is 1470. The predicted octanol–water partition coefficient (Wildman–Crippen LogP) is 9.48. The van der Waals surface area contributed by atoms with Crippen molar-refractivity contribution in [3.63, 3.8) is 0 Å². The van der Waals surface area contributed by atoms with Crippen molar-refractivity contribution >= 4 is 29.0 Å². The minimum Gasteiger partial charge on any atom is -0.452 e. The van der Waals surface area contributed by atoms with Gasteiger partial charge in [0.05, 0.1) is 22.8 Å². The van der Waals surface area contributed by atoms with Crippen molar-refractivity contribution in [2.24, 2.45) is 21.7 Å². The number of hydrogen-bond acceptors (Lipinski definition) is 7. The Balaban J connectivity index is 0.000000167.